The van der Waals surface area contributed by atoms with Crippen LogP contribution in [0.2, 0.25) is 5.02 Å². The van der Waals surface area contributed by atoms with E-state index in [1.165, 1.54) is 11.8 Å². The SMILES string of the molecule is O=C(CSc1ccc(NC(=O)/C(=C/c2cccc(Cl)c2)NC(=O)c2ccccc2)cc1)Nc1ccccc1. The van der Waals surface area contributed by atoms with Crippen LogP contribution in [0, 0.1) is 0 Å². The Hall–Kier alpha value is -4.33. The monoisotopic (exact) mass is 541 g/mol. The van der Waals surface area contributed by atoms with Crippen LogP contribution in [0.1, 0.15) is 15.9 Å². The predicted octanol–water partition coefficient (Wildman–Crippen LogP) is 6.48. The van der Waals surface area contributed by atoms with Crippen molar-refractivity contribution in [1.29, 1.82) is 0 Å². The van der Waals surface area contributed by atoms with Crippen molar-refractivity contribution in [3.05, 3.63) is 131 Å². The van der Waals surface area contributed by atoms with Crippen LogP contribution in [0.25, 0.3) is 6.08 Å². The lowest BCUT2D eigenvalue weighted by Gasteiger charge is -2.12. The standard InChI is InChI=1S/C30H24ClN3O3S/c31-23-11-7-8-21(18-23)19-27(34-29(36)22-9-3-1-4-10-22)30(37)33-25-14-16-26(17-15-25)38-20-28(35)32-24-12-5-2-6-13-24/h1-19H,20H2,(H,32,35)(H,33,37)(H,34,36)/b27-19-. The number of halogens is 1. The molecule has 0 aliphatic carbocycles. The maximum atomic E-state index is 13.2. The number of hydrogen-bond acceptors (Lipinski definition) is 4. The van der Waals surface area contributed by atoms with E-state index in [1.54, 1.807) is 66.7 Å². The average Bonchev–Trinajstić information content (AvgIpc) is 2.93. The van der Waals surface area contributed by atoms with Gasteiger partial charge in [-0.25, -0.2) is 0 Å². The normalized spacial score (nSPS) is 10.9. The van der Waals surface area contributed by atoms with Gasteiger partial charge in [0.05, 0.1) is 5.75 Å². The second-order valence-corrected chi connectivity index (χ2v) is 9.60. The van der Waals surface area contributed by atoms with Crippen molar-refractivity contribution in [3.63, 3.8) is 0 Å². The molecule has 190 valence electrons. The van der Waals surface area contributed by atoms with Gasteiger partial charge in [0.25, 0.3) is 11.8 Å². The van der Waals surface area contributed by atoms with Gasteiger partial charge in [-0.05, 0) is 72.3 Å². The van der Waals surface area contributed by atoms with E-state index in [0.29, 0.717) is 21.8 Å². The molecule has 4 aromatic carbocycles. The Morgan fingerprint density at radius 2 is 1.39 bits per heavy atom. The minimum absolute atomic E-state index is 0.0668. The van der Waals surface area contributed by atoms with Crippen molar-refractivity contribution in [2.45, 2.75) is 4.90 Å². The summed E-state index contributed by atoms with van der Waals surface area (Å²) in [4.78, 5) is 39.0. The highest BCUT2D eigenvalue weighted by molar-refractivity contribution is 8.00. The highest BCUT2D eigenvalue weighted by Crippen LogP contribution is 2.21. The smallest absolute Gasteiger partial charge is 0.272 e. The number of anilines is 2. The Morgan fingerprint density at radius 3 is 2.08 bits per heavy atom. The van der Waals surface area contributed by atoms with Crippen LogP contribution < -0.4 is 16.0 Å². The molecule has 0 spiro atoms. The van der Waals surface area contributed by atoms with Crippen LogP contribution in [-0.4, -0.2) is 23.5 Å². The second-order valence-electron chi connectivity index (χ2n) is 8.11. The summed E-state index contributed by atoms with van der Waals surface area (Å²) >= 11 is 7.48. The van der Waals surface area contributed by atoms with Gasteiger partial charge in [-0.15, -0.1) is 11.8 Å². The van der Waals surface area contributed by atoms with Crippen LogP contribution in [0.5, 0.6) is 0 Å². The van der Waals surface area contributed by atoms with Gasteiger partial charge in [-0.2, -0.15) is 0 Å². The summed E-state index contributed by atoms with van der Waals surface area (Å²) in [5, 5.41) is 8.88. The van der Waals surface area contributed by atoms with Gasteiger partial charge in [-0.1, -0.05) is 60.1 Å². The van der Waals surface area contributed by atoms with E-state index in [1.807, 2.05) is 48.5 Å². The maximum absolute atomic E-state index is 13.2. The summed E-state index contributed by atoms with van der Waals surface area (Å²) in [7, 11) is 0. The first-order chi connectivity index (χ1) is 18.5. The first-order valence-electron chi connectivity index (χ1n) is 11.7. The van der Waals surface area contributed by atoms with Crippen LogP contribution in [0.4, 0.5) is 11.4 Å². The van der Waals surface area contributed by atoms with E-state index < -0.39 is 11.8 Å². The first kappa shape index (κ1) is 26.7. The van der Waals surface area contributed by atoms with E-state index in [9.17, 15) is 14.4 Å². The number of rotatable bonds is 9. The van der Waals surface area contributed by atoms with Gasteiger partial charge >= 0.3 is 0 Å². The third-order valence-electron chi connectivity index (χ3n) is 5.23. The summed E-state index contributed by atoms with van der Waals surface area (Å²) in [5.41, 5.74) is 2.44. The number of carbonyl (C=O) groups excluding carboxylic acids is 3. The summed E-state index contributed by atoms with van der Waals surface area (Å²) in [6, 6.07) is 32.0. The Balaban J connectivity index is 1.41. The lowest BCUT2D eigenvalue weighted by Crippen LogP contribution is -2.30. The van der Waals surface area contributed by atoms with Crippen molar-refractivity contribution < 1.29 is 14.4 Å². The Morgan fingerprint density at radius 1 is 0.737 bits per heavy atom. The Bertz CT molecular complexity index is 1440. The van der Waals surface area contributed by atoms with Crippen molar-refractivity contribution in [2.75, 3.05) is 16.4 Å². The molecule has 0 aliphatic heterocycles. The fourth-order valence-corrected chi connectivity index (χ4v) is 4.30. The fourth-order valence-electron chi connectivity index (χ4n) is 3.41. The van der Waals surface area contributed by atoms with E-state index in [2.05, 4.69) is 16.0 Å². The van der Waals surface area contributed by atoms with Crippen molar-refractivity contribution in [2.24, 2.45) is 0 Å². The molecule has 0 heterocycles. The Labute approximate surface area is 230 Å². The molecule has 38 heavy (non-hydrogen) atoms. The van der Waals surface area contributed by atoms with Crippen LogP contribution >= 0.6 is 23.4 Å². The fraction of sp³-hybridized carbons (Fsp3) is 0.0333. The highest BCUT2D eigenvalue weighted by atomic mass is 35.5. The molecular weight excluding hydrogens is 518 g/mol. The van der Waals surface area contributed by atoms with E-state index in [0.717, 1.165) is 10.6 Å². The van der Waals surface area contributed by atoms with E-state index in [-0.39, 0.29) is 17.4 Å². The number of para-hydroxylation sites is 1. The number of thioether (sulfide) groups is 1. The van der Waals surface area contributed by atoms with Crippen LogP contribution in [0.3, 0.4) is 0 Å². The molecule has 6 nitrogen and oxygen atoms in total. The molecule has 0 aliphatic rings. The molecule has 0 saturated heterocycles. The van der Waals surface area contributed by atoms with E-state index in [4.69, 9.17) is 11.6 Å². The van der Waals surface area contributed by atoms with Gasteiger partial charge in [0.2, 0.25) is 5.91 Å². The van der Waals surface area contributed by atoms with Crippen molar-refractivity contribution in [1.82, 2.24) is 5.32 Å². The quantitative estimate of drug-likeness (QED) is 0.167. The summed E-state index contributed by atoms with van der Waals surface area (Å²) in [6.07, 6.45) is 1.57. The zero-order chi connectivity index (χ0) is 26.7. The lowest BCUT2D eigenvalue weighted by molar-refractivity contribution is -0.114. The molecule has 0 aromatic heterocycles. The topological polar surface area (TPSA) is 87.3 Å². The number of amides is 3. The second kappa shape index (κ2) is 13.3. The van der Waals surface area contributed by atoms with Gasteiger partial charge < -0.3 is 16.0 Å². The summed E-state index contributed by atoms with van der Waals surface area (Å²) < 4.78 is 0. The zero-order valence-electron chi connectivity index (χ0n) is 20.2. The molecule has 0 bridgehead atoms. The molecule has 0 saturated carbocycles. The number of hydrogen-bond donors (Lipinski definition) is 3. The first-order valence-corrected chi connectivity index (χ1v) is 13.1. The lowest BCUT2D eigenvalue weighted by atomic mass is 10.1. The summed E-state index contributed by atoms with van der Waals surface area (Å²) in [5.74, 6) is -0.756. The van der Waals surface area contributed by atoms with Crippen LogP contribution in [0.15, 0.2) is 120 Å². The minimum atomic E-state index is -0.489. The molecule has 0 unspecified atom stereocenters. The van der Waals surface area contributed by atoms with Gasteiger partial charge in [0, 0.05) is 26.9 Å². The predicted molar refractivity (Wildman–Crippen MR) is 154 cm³/mol. The zero-order valence-corrected chi connectivity index (χ0v) is 21.8. The van der Waals surface area contributed by atoms with Crippen LogP contribution in [-0.2, 0) is 9.59 Å². The van der Waals surface area contributed by atoms with Gasteiger partial charge in [0.15, 0.2) is 0 Å². The molecule has 0 radical (unpaired) electrons. The third kappa shape index (κ3) is 8.09. The molecule has 4 rings (SSSR count). The molecule has 8 heteroatoms. The molecular formula is C30H24ClN3O3S. The molecule has 0 atom stereocenters. The molecule has 0 fully saturated rings. The molecule has 3 N–H and O–H groups in total. The number of benzene rings is 4. The maximum Gasteiger partial charge on any atom is 0.272 e. The molecule has 3 amide bonds. The highest BCUT2D eigenvalue weighted by Gasteiger charge is 2.15. The summed E-state index contributed by atoms with van der Waals surface area (Å²) in [6.45, 7) is 0. The van der Waals surface area contributed by atoms with Crippen molar-refractivity contribution in [3.8, 4) is 0 Å². The number of carbonyl (C=O) groups is 3. The number of nitrogens with one attached hydrogen (secondary N) is 3. The van der Waals surface area contributed by atoms with Gasteiger partial charge in [0.1, 0.15) is 5.70 Å². The van der Waals surface area contributed by atoms with E-state index >= 15 is 0 Å². The third-order valence-corrected chi connectivity index (χ3v) is 6.48. The Kier molecular flexibility index (Phi) is 9.34. The average molecular weight is 542 g/mol. The van der Waals surface area contributed by atoms with Crippen molar-refractivity contribution >= 4 is 58.5 Å². The van der Waals surface area contributed by atoms with Gasteiger partial charge in [-0.3, -0.25) is 14.4 Å². The molecule has 4 aromatic rings. The minimum Gasteiger partial charge on any atom is -0.325 e. The largest absolute Gasteiger partial charge is 0.325 e.